The van der Waals surface area contributed by atoms with Crippen LogP contribution in [0.2, 0.25) is 0 Å². The number of nitrogens with zero attached hydrogens (tertiary/aromatic N) is 1. The van der Waals surface area contributed by atoms with Crippen LogP contribution in [0.1, 0.15) is 45.1 Å². The number of hydrogen-bond donors (Lipinski definition) is 1. The van der Waals surface area contributed by atoms with E-state index >= 15 is 0 Å². The summed E-state index contributed by atoms with van der Waals surface area (Å²) < 4.78 is 0. The minimum absolute atomic E-state index is 0.631. The zero-order valence-corrected chi connectivity index (χ0v) is 13.9. The van der Waals surface area contributed by atoms with Gasteiger partial charge in [0.05, 0.1) is 0 Å². The van der Waals surface area contributed by atoms with Crippen LogP contribution in [0.3, 0.4) is 0 Å². The Bertz CT molecular complexity index is 425. The molecule has 1 aromatic rings. The number of hydrogen-bond acceptors (Lipinski definition) is 3. The predicted molar refractivity (Wildman–Crippen MR) is 90.6 cm³/mol. The molecule has 0 atom stereocenters. The zero-order valence-electron chi connectivity index (χ0n) is 13.1. The summed E-state index contributed by atoms with van der Waals surface area (Å²) in [5.74, 6) is 2.00. The van der Waals surface area contributed by atoms with Crippen molar-refractivity contribution >= 4 is 17.4 Å². The molecule has 0 unspecified atom stereocenters. The average molecular weight is 292 g/mol. The van der Waals surface area contributed by atoms with Gasteiger partial charge in [-0.1, -0.05) is 19.9 Å². The Labute approximate surface area is 128 Å². The van der Waals surface area contributed by atoms with E-state index in [1.807, 2.05) is 11.8 Å². The summed E-state index contributed by atoms with van der Waals surface area (Å²) in [7, 11) is 2.25. The molecule has 0 saturated heterocycles. The molecule has 1 aliphatic rings. The van der Waals surface area contributed by atoms with Crippen LogP contribution >= 0.6 is 11.8 Å². The SMILES string of the molecule is CCSc1cccc(N(C)C2CCC(C)CC2)c1CN. The highest BCUT2D eigenvalue weighted by molar-refractivity contribution is 7.99. The topological polar surface area (TPSA) is 29.3 Å². The first-order chi connectivity index (χ1) is 9.67. The Morgan fingerprint density at radius 1 is 1.25 bits per heavy atom. The van der Waals surface area contributed by atoms with E-state index in [0.717, 1.165) is 11.7 Å². The molecule has 3 heteroatoms. The van der Waals surface area contributed by atoms with Gasteiger partial charge in [0.1, 0.15) is 0 Å². The highest BCUT2D eigenvalue weighted by Gasteiger charge is 2.23. The summed E-state index contributed by atoms with van der Waals surface area (Å²) in [5, 5.41) is 0. The summed E-state index contributed by atoms with van der Waals surface area (Å²) in [6, 6.07) is 7.30. The summed E-state index contributed by atoms with van der Waals surface area (Å²) in [4.78, 5) is 3.83. The average Bonchev–Trinajstić information content (AvgIpc) is 2.47. The molecule has 0 aliphatic heterocycles. The van der Waals surface area contributed by atoms with Crippen LogP contribution in [0, 0.1) is 5.92 Å². The zero-order chi connectivity index (χ0) is 14.5. The first kappa shape index (κ1) is 15.7. The Kier molecular flexibility index (Phi) is 5.79. The predicted octanol–water partition coefficient (Wildman–Crippen LogP) is 4.27. The molecular weight excluding hydrogens is 264 g/mol. The fraction of sp³-hybridized carbons (Fsp3) is 0.647. The van der Waals surface area contributed by atoms with Gasteiger partial charge in [-0.15, -0.1) is 11.8 Å². The Morgan fingerprint density at radius 3 is 2.55 bits per heavy atom. The largest absolute Gasteiger partial charge is 0.371 e. The second-order valence-electron chi connectivity index (χ2n) is 5.92. The van der Waals surface area contributed by atoms with E-state index in [4.69, 9.17) is 5.73 Å². The van der Waals surface area contributed by atoms with Crippen molar-refractivity contribution < 1.29 is 0 Å². The normalized spacial score (nSPS) is 22.8. The van der Waals surface area contributed by atoms with Gasteiger partial charge in [-0.05, 0) is 49.5 Å². The Balaban J connectivity index is 2.20. The number of anilines is 1. The smallest absolute Gasteiger partial charge is 0.0422 e. The van der Waals surface area contributed by atoms with Crippen molar-refractivity contribution in [1.82, 2.24) is 0 Å². The molecule has 1 aliphatic carbocycles. The molecule has 1 aromatic carbocycles. The van der Waals surface area contributed by atoms with Gasteiger partial charge in [0.25, 0.3) is 0 Å². The molecule has 112 valence electrons. The second-order valence-corrected chi connectivity index (χ2v) is 7.22. The lowest BCUT2D eigenvalue weighted by Crippen LogP contribution is -2.35. The summed E-state index contributed by atoms with van der Waals surface area (Å²) >= 11 is 1.90. The molecule has 0 heterocycles. The molecule has 1 saturated carbocycles. The lowest BCUT2D eigenvalue weighted by Gasteiger charge is -2.36. The summed E-state index contributed by atoms with van der Waals surface area (Å²) in [6.07, 6.45) is 5.34. The third kappa shape index (κ3) is 3.50. The molecule has 0 bridgehead atoms. The third-order valence-corrected chi connectivity index (χ3v) is 5.51. The van der Waals surface area contributed by atoms with Crippen LogP contribution in [0.25, 0.3) is 0 Å². The van der Waals surface area contributed by atoms with E-state index in [0.29, 0.717) is 12.6 Å². The van der Waals surface area contributed by atoms with Gasteiger partial charge in [0, 0.05) is 35.8 Å². The molecule has 0 amide bonds. The van der Waals surface area contributed by atoms with Crippen LogP contribution in [-0.2, 0) is 6.54 Å². The van der Waals surface area contributed by atoms with E-state index in [-0.39, 0.29) is 0 Å². The van der Waals surface area contributed by atoms with Gasteiger partial charge in [0.15, 0.2) is 0 Å². The van der Waals surface area contributed by atoms with Crippen molar-refractivity contribution in [2.24, 2.45) is 11.7 Å². The standard InChI is InChI=1S/C17H28N2S/c1-4-20-17-7-5-6-16(15(17)12-18)19(3)14-10-8-13(2)9-11-14/h5-7,13-14H,4,8-12,18H2,1-3H3. The first-order valence-electron chi connectivity index (χ1n) is 7.85. The van der Waals surface area contributed by atoms with Crippen molar-refractivity contribution in [3.8, 4) is 0 Å². The van der Waals surface area contributed by atoms with Crippen molar-refractivity contribution in [3.05, 3.63) is 23.8 Å². The van der Waals surface area contributed by atoms with E-state index in [2.05, 4.69) is 44.0 Å². The molecule has 2 N–H and O–H groups in total. The van der Waals surface area contributed by atoms with Crippen LogP contribution < -0.4 is 10.6 Å². The van der Waals surface area contributed by atoms with E-state index in [9.17, 15) is 0 Å². The van der Waals surface area contributed by atoms with Crippen LogP contribution in [0.15, 0.2) is 23.1 Å². The van der Waals surface area contributed by atoms with Crippen molar-refractivity contribution in [2.75, 3.05) is 17.7 Å². The first-order valence-corrected chi connectivity index (χ1v) is 8.83. The van der Waals surface area contributed by atoms with Crippen LogP contribution in [0.5, 0.6) is 0 Å². The molecule has 0 spiro atoms. The number of benzene rings is 1. The van der Waals surface area contributed by atoms with Gasteiger partial charge < -0.3 is 10.6 Å². The fourth-order valence-electron chi connectivity index (χ4n) is 3.21. The van der Waals surface area contributed by atoms with Crippen LogP contribution in [0.4, 0.5) is 5.69 Å². The Hall–Kier alpha value is -0.670. The molecule has 2 rings (SSSR count). The lowest BCUT2D eigenvalue weighted by molar-refractivity contribution is 0.340. The third-order valence-electron chi connectivity index (χ3n) is 4.53. The second kappa shape index (κ2) is 7.37. The number of thioether (sulfide) groups is 1. The molecule has 20 heavy (non-hydrogen) atoms. The van der Waals surface area contributed by atoms with Gasteiger partial charge in [-0.2, -0.15) is 0 Å². The molecule has 2 nitrogen and oxygen atoms in total. The number of rotatable bonds is 5. The highest BCUT2D eigenvalue weighted by Crippen LogP contribution is 2.34. The molecule has 0 radical (unpaired) electrons. The van der Waals surface area contributed by atoms with Gasteiger partial charge in [-0.3, -0.25) is 0 Å². The lowest BCUT2D eigenvalue weighted by atomic mass is 9.86. The maximum Gasteiger partial charge on any atom is 0.0422 e. The fourth-order valence-corrected chi connectivity index (χ4v) is 4.05. The highest BCUT2D eigenvalue weighted by atomic mass is 32.2. The van der Waals surface area contributed by atoms with Crippen molar-refractivity contribution in [1.29, 1.82) is 0 Å². The molecular formula is C17H28N2S. The van der Waals surface area contributed by atoms with Crippen LogP contribution in [-0.4, -0.2) is 18.8 Å². The maximum atomic E-state index is 6.03. The number of nitrogens with two attached hydrogens (primary N) is 1. The minimum Gasteiger partial charge on any atom is -0.371 e. The molecule has 0 aromatic heterocycles. The van der Waals surface area contributed by atoms with Crippen molar-refractivity contribution in [3.63, 3.8) is 0 Å². The van der Waals surface area contributed by atoms with Gasteiger partial charge in [-0.25, -0.2) is 0 Å². The monoisotopic (exact) mass is 292 g/mol. The minimum atomic E-state index is 0.631. The summed E-state index contributed by atoms with van der Waals surface area (Å²) in [6.45, 7) is 5.20. The summed E-state index contributed by atoms with van der Waals surface area (Å²) in [5.41, 5.74) is 8.69. The Morgan fingerprint density at radius 2 is 1.95 bits per heavy atom. The molecule has 1 fully saturated rings. The van der Waals surface area contributed by atoms with E-state index < -0.39 is 0 Å². The quantitative estimate of drug-likeness (QED) is 0.822. The van der Waals surface area contributed by atoms with E-state index in [1.54, 1.807) is 0 Å². The van der Waals surface area contributed by atoms with Gasteiger partial charge >= 0.3 is 0 Å². The van der Waals surface area contributed by atoms with E-state index in [1.165, 1.54) is 41.8 Å². The van der Waals surface area contributed by atoms with Gasteiger partial charge in [0.2, 0.25) is 0 Å². The van der Waals surface area contributed by atoms with Crippen molar-refractivity contribution in [2.45, 2.75) is 57.0 Å². The maximum absolute atomic E-state index is 6.03.